The van der Waals surface area contributed by atoms with Crippen molar-refractivity contribution < 1.29 is 17.9 Å². The Morgan fingerprint density at radius 2 is 2.06 bits per heavy atom. The van der Waals surface area contributed by atoms with Crippen LogP contribution in [0.4, 0.5) is 0 Å². The van der Waals surface area contributed by atoms with Gasteiger partial charge in [-0.05, 0) is 25.0 Å². The van der Waals surface area contributed by atoms with Gasteiger partial charge in [0.15, 0.2) is 9.84 Å². The first-order chi connectivity index (χ1) is 7.90. The van der Waals surface area contributed by atoms with Gasteiger partial charge in [0.1, 0.15) is 10.4 Å². The molecule has 0 radical (unpaired) electrons. The molecule has 1 saturated carbocycles. The molecule has 1 aliphatic rings. The number of esters is 1. The van der Waals surface area contributed by atoms with Crippen molar-refractivity contribution in [2.75, 3.05) is 13.4 Å². The molecule has 6 heteroatoms. The summed E-state index contributed by atoms with van der Waals surface area (Å²) in [5, 5.41) is 0. The Morgan fingerprint density at radius 1 is 1.41 bits per heavy atom. The fraction of sp³-hybridized carbons (Fsp3) is 0.455. The van der Waals surface area contributed by atoms with Gasteiger partial charge >= 0.3 is 5.97 Å². The molecular weight excluding hydrogens is 242 g/mol. The molecule has 0 amide bonds. The first-order valence-corrected chi connectivity index (χ1v) is 7.05. The quantitative estimate of drug-likeness (QED) is 0.750. The monoisotopic (exact) mass is 255 g/mol. The number of sulfone groups is 1. The first-order valence-electron chi connectivity index (χ1n) is 5.16. The minimum atomic E-state index is -3.21. The smallest absolute Gasteiger partial charge is 0.356 e. The molecule has 0 bridgehead atoms. The summed E-state index contributed by atoms with van der Waals surface area (Å²) in [6.45, 7) is 0. The van der Waals surface area contributed by atoms with Crippen molar-refractivity contribution >= 4 is 15.8 Å². The molecule has 1 aromatic rings. The van der Waals surface area contributed by atoms with Crippen molar-refractivity contribution in [2.45, 2.75) is 17.6 Å². The maximum absolute atomic E-state index is 11.7. The Bertz CT molecular complexity index is 561. The fourth-order valence-electron chi connectivity index (χ4n) is 1.84. The van der Waals surface area contributed by atoms with Gasteiger partial charge in [-0.2, -0.15) is 0 Å². The van der Waals surface area contributed by atoms with Crippen LogP contribution >= 0.6 is 0 Å². The minimum Gasteiger partial charge on any atom is -0.464 e. The molecule has 0 unspecified atom stereocenters. The lowest BCUT2D eigenvalue weighted by atomic mass is 10.2. The van der Waals surface area contributed by atoms with E-state index in [1.165, 1.54) is 19.4 Å². The van der Waals surface area contributed by atoms with Crippen LogP contribution in [-0.4, -0.2) is 32.7 Å². The summed E-state index contributed by atoms with van der Waals surface area (Å²) in [5.74, 6) is -0.559. The second kappa shape index (κ2) is 3.80. The van der Waals surface area contributed by atoms with Crippen LogP contribution in [-0.2, 0) is 19.3 Å². The summed E-state index contributed by atoms with van der Waals surface area (Å²) in [6, 6.07) is 4.77. The van der Waals surface area contributed by atoms with E-state index < -0.39 is 20.6 Å². The van der Waals surface area contributed by atoms with Gasteiger partial charge in [-0.15, -0.1) is 0 Å². The molecular formula is C11H13NO4S. The van der Waals surface area contributed by atoms with Crippen LogP contribution in [0.5, 0.6) is 0 Å². The second-order valence-electron chi connectivity index (χ2n) is 4.17. The third kappa shape index (κ3) is 1.93. The number of ether oxygens (including phenoxy) is 1. The van der Waals surface area contributed by atoms with Gasteiger partial charge < -0.3 is 4.74 Å². The summed E-state index contributed by atoms with van der Waals surface area (Å²) in [6.07, 6.45) is 2.32. The van der Waals surface area contributed by atoms with Crippen LogP contribution in [0.2, 0.25) is 0 Å². The molecule has 0 N–H and O–H groups in total. The van der Waals surface area contributed by atoms with Crippen molar-refractivity contribution in [2.24, 2.45) is 0 Å². The Morgan fingerprint density at radius 3 is 2.53 bits per heavy atom. The average Bonchev–Trinajstić information content (AvgIpc) is 3.08. The lowest BCUT2D eigenvalue weighted by molar-refractivity contribution is 0.0593. The lowest BCUT2D eigenvalue weighted by Gasteiger charge is -2.12. The minimum absolute atomic E-state index is 0.139. The Balaban J connectivity index is 2.45. The highest BCUT2D eigenvalue weighted by Gasteiger charge is 2.54. The Labute approximate surface area is 99.7 Å². The molecule has 1 fully saturated rings. The largest absolute Gasteiger partial charge is 0.464 e. The van der Waals surface area contributed by atoms with Gasteiger partial charge in [0, 0.05) is 6.26 Å². The molecule has 0 saturated heterocycles. The van der Waals surface area contributed by atoms with E-state index in [2.05, 4.69) is 9.72 Å². The van der Waals surface area contributed by atoms with Gasteiger partial charge in [0.05, 0.1) is 12.8 Å². The third-order valence-electron chi connectivity index (χ3n) is 3.02. The maximum Gasteiger partial charge on any atom is 0.356 e. The number of methoxy groups -OCH3 is 1. The number of aromatic nitrogens is 1. The highest BCUT2D eigenvalue weighted by atomic mass is 32.2. The van der Waals surface area contributed by atoms with Crippen LogP contribution in [0.1, 0.15) is 29.0 Å². The molecule has 0 aromatic carbocycles. The fourth-order valence-corrected chi connectivity index (χ4v) is 3.17. The van der Waals surface area contributed by atoms with E-state index >= 15 is 0 Å². The van der Waals surface area contributed by atoms with Crippen LogP contribution in [0.25, 0.3) is 0 Å². The van der Waals surface area contributed by atoms with Crippen molar-refractivity contribution in [3.8, 4) is 0 Å². The maximum atomic E-state index is 11.7. The molecule has 1 aliphatic carbocycles. The van der Waals surface area contributed by atoms with Gasteiger partial charge in [-0.25, -0.2) is 18.2 Å². The van der Waals surface area contributed by atoms with E-state index in [4.69, 9.17) is 0 Å². The van der Waals surface area contributed by atoms with E-state index in [1.807, 2.05) is 0 Å². The summed E-state index contributed by atoms with van der Waals surface area (Å²) >= 11 is 0. The zero-order chi connectivity index (χ0) is 12.7. The van der Waals surface area contributed by atoms with Crippen LogP contribution in [0.3, 0.4) is 0 Å². The Kier molecular flexibility index (Phi) is 2.69. The SMILES string of the molecule is COC(=O)c1cccc(C2(S(C)(=O)=O)CC2)n1. The molecule has 0 spiro atoms. The van der Waals surface area contributed by atoms with Gasteiger partial charge in [0.25, 0.3) is 0 Å². The van der Waals surface area contributed by atoms with Gasteiger partial charge in [0.2, 0.25) is 0 Å². The standard InChI is InChI=1S/C11H13NO4S/c1-16-10(13)8-4-3-5-9(12-8)11(6-7-11)17(2,14)15/h3-5H,6-7H2,1-2H3. The first kappa shape index (κ1) is 12.0. The van der Waals surface area contributed by atoms with E-state index in [9.17, 15) is 13.2 Å². The zero-order valence-corrected chi connectivity index (χ0v) is 10.5. The highest BCUT2D eigenvalue weighted by Crippen LogP contribution is 2.51. The number of pyridine rings is 1. The summed E-state index contributed by atoms with van der Waals surface area (Å²) in [7, 11) is -1.94. The molecule has 5 nitrogen and oxygen atoms in total. The number of hydrogen-bond acceptors (Lipinski definition) is 5. The van der Waals surface area contributed by atoms with Gasteiger partial charge in [-0.3, -0.25) is 0 Å². The van der Waals surface area contributed by atoms with E-state index in [0.717, 1.165) is 0 Å². The van der Waals surface area contributed by atoms with Crippen LogP contribution in [0.15, 0.2) is 18.2 Å². The van der Waals surface area contributed by atoms with Crippen molar-refractivity contribution in [3.05, 3.63) is 29.6 Å². The molecule has 17 heavy (non-hydrogen) atoms. The Hall–Kier alpha value is -1.43. The van der Waals surface area contributed by atoms with E-state index in [0.29, 0.717) is 18.5 Å². The number of hydrogen-bond donors (Lipinski definition) is 0. The number of rotatable bonds is 3. The normalized spacial score (nSPS) is 17.5. The molecule has 2 rings (SSSR count). The van der Waals surface area contributed by atoms with Crippen LogP contribution in [0, 0.1) is 0 Å². The summed E-state index contributed by atoms with van der Waals surface area (Å²) < 4.78 is 27.1. The molecule has 0 aliphatic heterocycles. The second-order valence-corrected chi connectivity index (χ2v) is 6.49. The predicted octanol–water partition coefficient (Wildman–Crippen LogP) is 0.902. The highest BCUT2D eigenvalue weighted by molar-refractivity contribution is 7.91. The van der Waals surface area contributed by atoms with Crippen molar-refractivity contribution in [1.82, 2.24) is 4.98 Å². The summed E-state index contributed by atoms with van der Waals surface area (Å²) in [4.78, 5) is 15.4. The average molecular weight is 255 g/mol. The van der Waals surface area contributed by atoms with Gasteiger partial charge in [-0.1, -0.05) is 6.07 Å². The van der Waals surface area contributed by atoms with E-state index in [1.54, 1.807) is 12.1 Å². The van der Waals surface area contributed by atoms with Crippen molar-refractivity contribution in [3.63, 3.8) is 0 Å². The third-order valence-corrected chi connectivity index (χ3v) is 5.06. The molecule has 1 aromatic heterocycles. The molecule has 92 valence electrons. The van der Waals surface area contributed by atoms with Crippen LogP contribution < -0.4 is 0 Å². The van der Waals surface area contributed by atoms with Crippen molar-refractivity contribution in [1.29, 1.82) is 0 Å². The topological polar surface area (TPSA) is 73.3 Å². The summed E-state index contributed by atoms with van der Waals surface area (Å²) in [5.41, 5.74) is 0.572. The number of carbonyl (C=O) groups excluding carboxylic acids is 1. The number of carbonyl (C=O) groups is 1. The molecule has 0 atom stereocenters. The van der Waals surface area contributed by atoms with E-state index in [-0.39, 0.29) is 5.69 Å². The molecule has 1 heterocycles. The number of nitrogens with zero attached hydrogens (tertiary/aromatic N) is 1. The predicted molar refractivity (Wildman–Crippen MR) is 61.3 cm³/mol. The lowest BCUT2D eigenvalue weighted by Crippen LogP contribution is -2.21. The zero-order valence-electron chi connectivity index (χ0n) is 9.63.